The number of nitrogens with one attached hydrogen (secondary N) is 1. The Morgan fingerprint density at radius 1 is 1.17 bits per heavy atom. The summed E-state index contributed by atoms with van der Waals surface area (Å²) in [4.78, 5) is 23.3. The maximum Gasteiger partial charge on any atom is 0.274 e. The summed E-state index contributed by atoms with van der Waals surface area (Å²) >= 11 is 0. The zero-order chi connectivity index (χ0) is 17.1. The molecule has 0 bridgehead atoms. The van der Waals surface area contributed by atoms with Crippen LogP contribution in [0.1, 0.15) is 27.2 Å². The molecule has 1 aliphatic rings. The van der Waals surface area contributed by atoms with Crippen molar-refractivity contribution < 1.29 is 9.53 Å². The lowest BCUT2D eigenvalue weighted by Crippen LogP contribution is -2.37. The number of nitrogens with zero attached hydrogens (tertiary/aromatic N) is 3. The number of benzene rings is 1. The molecule has 0 radical (unpaired) electrons. The standard InChI is InChI=1S/C18H22N4O2/c1-12-10-13(2)16(14(3)11-12)21-17(23)15-4-5-19-18(20-15)22-6-8-24-9-7-22/h4-5,10-11H,6-9H2,1-3H3,(H,21,23). The molecule has 0 aliphatic carbocycles. The molecule has 126 valence electrons. The predicted molar refractivity (Wildman–Crippen MR) is 93.7 cm³/mol. The molecule has 2 aromatic rings. The second-order valence-corrected chi connectivity index (χ2v) is 6.07. The zero-order valence-electron chi connectivity index (χ0n) is 14.3. The van der Waals surface area contributed by atoms with Crippen LogP contribution in [0.4, 0.5) is 11.6 Å². The zero-order valence-corrected chi connectivity index (χ0v) is 14.3. The third kappa shape index (κ3) is 3.54. The van der Waals surface area contributed by atoms with Gasteiger partial charge in [-0.3, -0.25) is 4.79 Å². The summed E-state index contributed by atoms with van der Waals surface area (Å²) in [5.41, 5.74) is 4.48. The van der Waals surface area contributed by atoms with Gasteiger partial charge in [0.1, 0.15) is 5.69 Å². The van der Waals surface area contributed by atoms with E-state index < -0.39 is 0 Å². The monoisotopic (exact) mass is 326 g/mol. The van der Waals surface area contributed by atoms with E-state index in [4.69, 9.17) is 4.74 Å². The van der Waals surface area contributed by atoms with Gasteiger partial charge in [-0.25, -0.2) is 9.97 Å². The van der Waals surface area contributed by atoms with E-state index >= 15 is 0 Å². The molecule has 1 aromatic carbocycles. The molecule has 24 heavy (non-hydrogen) atoms. The van der Waals surface area contributed by atoms with E-state index in [1.807, 2.05) is 25.7 Å². The van der Waals surface area contributed by atoms with Crippen LogP contribution in [0.2, 0.25) is 0 Å². The SMILES string of the molecule is Cc1cc(C)c(NC(=O)c2ccnc(N3CCOCC3)n2)c(C)c1. The molecule has 1 aromatic heterocycles. The second-order valence-electron chi connectivity index (χ2n) is 6.07. The number of aryl methyl sites for hydroxylation is 3. The van der Waals surface area contributed by atoms with Gasteiger partial charge in [0.2, 0.25) is 5.95 Å². The number of rotatable bonds is 3. The lowest BCUT2D eigenvalue weighted by atomic mass is 10.1. The minimum absolute atomic E-state index is 0.220. The van der Waals surface area contributed by atoms with Gasteiger partial charge in [-0.15, -0.1) is 0 Å². The highest BCUT2D eigenvalue weighted by Gasteiger charge is 2.17. The van der Waals surface area contributed by atoms with Crippen molar-refractivity contribution in [2.45, 2.75) is 20.8 Å². The van der Waals surface area contributed by atoms with Crippen LogP contribution in [0.3, 0.4) is 0 Å². The number of hydrogen-bond donors (Lipinski definition) is 1. The molecule has 0 spiro atoms. The molecule has 2 heterocycles. The second kappa shape index (κ2) is 6.97. The molecule has 3 rings (SSSR count). The number of anilines is 2. The number of carbonyl (C=O) groups is 1. The number of carbonyl (C=O) groups excluding carboxylic acids is 1. The third-order valence-electron chi connectivity index (χ3n) is 4.08. The summed E-state index contributed by atoms with van der Waals surface area (Å²) < 4.78 is 5.34. The van der Waals surface area contributed by atoms with E-state index in [9.17, 15) is 4.79 Å². The Hall–Kier alpha value is -2.47. The minimum atomic E-state index is -0.220. The van der Waals surface area contributed by atoms with Crippen molar-refractivity contribution in [2.75, 3.05) is 36.5 Å². The number of aromatic nitrogens is 2. The Kier molecular flexibility index (Phi) is 4.76. The van der Waals surface area contributed by atoms with Crippen LogP contribution in [-0.4, -0.2) is 42.2 Å². The van der Waals surface area contributed by atoms with Crippen LogP contribution in [0.5, 0.6) is 0 Å². The lowest BCUT2D eigenvalue weighted by molar-refractivity contribution is 0.102. The van der Waals surface area contributed by atoms with Crippen LogP contribution >= 0.6 is 0 Å². The lowest BCUT2D eigenvalue weighted by Gasteiger charge is -2.26. The first-order chi connectivity index (χ1) is 11.5. The van der Waals surface area contributed by atoms with Gasteiger partial charge in [0.05, 0.1) is 13.2 Å². The summed E-state index contributed by atoms with van der Waals surface area (Å²) in [5, 5.41) is 2.98. The van der Waals surface area contributed by atoms with Crippen molar-refractivity contribution >= 4 is 17.5 Å². The smallest absolute Gasteiger partial charge is 0.274 e. The van der Waals surface area contributed by atoms with Crippen LogP contribution < -0.4 is 10.2 Å². The summed E-state index contributed by atoms with van der Waals surface area (Å²) in [5.74, 6) is 0.352. The highest BCUT2D eigenvalue weighted by atomic mass is 16.5. The van der Waals surface area contributed by atoms with E-state index in [1.54, 1.807) is 12.3 Å². The van der Waals surface area contributed by atoms with Crippen molar-refractivity contribution in [1.82, 2.24) is 9.97 Å². The Labute approximate surface area is 141 Å². The normalized spacial score (nSPS) is 14.5. The van der Waals surface area contributed by atoms with Crippen LogP contribution in [0, 0.1) is 20.8 Å². The molecule has 1 fully saturated rings. The van der Waals surface area contributed by atoms with E-state index in [0.29, 0.717) is 24.9 Å². The van der Waals surface area contributed by atoms with Crippen molar-refractivity contribution in [2.24, 2.45) is 0 Å². The van der Waals surface area contributed by atoms with Crippen molar-refractivity contribution in [3.63, 3.8) is 0 Å². The Morgan fingerprint density at radius 2 is 1.83 bits per heavy atom. The maximum absolute atomic E-state index is 12.6. The van der Waals surface area contributed by atoms with Crippen molar-refractivity contribution in [3.05, 3.63) is 46.8 Å². The highest BCUT2D eigenvalue weighted by Crippen LogP contribution is 2.22. The first-order valence-electron chi connectivity index (χ1n) is 8.09. The van der Waals surface area contributed by atoms with Crippen molar-refractivity contribution in [1.29, 1.82) is 0 Å². The first kappa shape index (κ1) is 16.4. The minimum Gasteiger partial charge on any atom is -0.378 e. The fraction of sp³-hybridized carbons (Fsp3) is 0.389. The quantitative estimate of drug-likeness (QED) is 0.938. The van der Waals surface area contributed by atoms with E-state index in [1.165, 1.54) is 5.56 Å². The van der Waals surface area contributed by atoms with Gasteiger partial charge < -0.3 is 15.0 Å². The summed E-state index contributed by atoms with van der Waals surface area (Å²) in [6.07, 6.45) is 1.63. The molecular formula is C18H22N4O2. The third-order valence-corrected chi connectivity index (χ3v) is 4.08. The molecule has 1 aliphatic heterocycles. The number of ether oxygens (including phenoxy) is 1. The fourth-order valence-electron chi connectivity index (χ4n) is 2.95. The molecule has 0 saturated carbocycles. The highest BCUT2D eigenvalue weighted by molar-refractivity contribution is 6.03. The topological polar surface area (TPSA) is 67.4 Å². The van der Waals surface area contributed by atoms with Gasteiger partial charge in [0, 0.05) is 25.0 Å². The molecule has 1 N–H and O–H groups in total. The average molecular weight is 326 g/mol. The molecule has 6 nitrogen and oxygen atoms in total. The summed E-state index contributed by atoms with van der Waals surface area (Å²) in [7, 11) is 0. The van der Waals surface area contributed by atoms with Gasteiger partial charge in [-0.1, -0.05) is 17.7 Å². The molecular weight excluding hydrogens is 304 g/mol. The van der Waals surface area contributed by atoms with Crippen LogP contribution in [0.15, 0.2) is 24.4 Å². The van der Waals surface area contributed by atoms with E-state index in [-0.39, 0.29) is 5.91 Å². The molecule has 6 heteroatoms. The van der Waals surface area contributed by atoms with Gasteiger partial charge in [0.25, 0.3) is 5.91 Å². The van der Waals surface area contributed by atoms with E-state index in [2.05, 4.69) is 27.4 Å². The Morgan fingerprint density at radius 3 is 2.50 bits per heavy atom. The summed E-state index contributed by atoms with van der Waals surface area (Å²) in [6.45, 7) is 8.82. The first-order valence-corrected chi connectivity index (χ1v) is 8.09. The van der Waals surface area contributed by atoms with Crippen LogP contribution in [0.25, 0.3) is 0 Å². The average Bonchev–Trinajstić information content (AvgIpc) is 2.59. The van der Waals surface area contributed by atoms with Crippen LogP contribution in [-0.2, 0) is 4.74 Å². The Bertz CT molecular complexity index is 731. The van der Waals surface area contributed by atoms with Gasteiger partial charge in [-0.05, 0) is 38.0 Å². The Balaban J connectivity index is 1.80. The molecule has 1 amide bonds. The maximum atomic E-state index is 12.6. The largest absolute Gasteiger partial charge is 0.378 e. The molecule has 0 unspecified atom stereocenters. The van der Waals surface area contributed by atoms with Gasteiger partial charge >= 0.3 is 0 Å². The molecule has 1 saturated heterocycles. The number of amides is 1. The fourth-order valence-corrected chi connectivity index (χ4v) is 2.95. The number of hydrogen-bond acceptors (Lipinski definition) is 5. The summed E-state index contributed by atoms with van der Waals surface area (Å²) in [6, 6.07) is 5.75. The molecule has 0 atom stereocenters. The number of morpholine rings is 1. The predicted octanol–water partition coefficient (Wildman–Crippen LogP) is 2.49. The van der Waals surface area contributed by atoms with Crippen molar-refractivity contribution in [3.8, 4) is 0 Å². The van der Waals surface area contributed by atoms with E-state index in [0.717, 1.165) is 29.9 Å². The van der Waals surface area contributed by atoms with Gasteiger partial charge in [0.15, 0.2) is 0 Å². The van der Waals surface area contributed by atoms with Gasteiger partial charge in [-0.2, -0.15) is 0 Å².